The highest BCUT2D eigenvalue weighted by molar-refractivity contribution is 5.79. The average molecular weight is 265 g/mol. The van der Waals surface area contributed by atoms with E-state index in [0.717, 1.165) is 5.69 Å². The Kier molecular flexibility index (Phi) is 4.19. The normalized spacial score (nSPS) is 23.0. The molecule has 0 unspecified atom stereocenters. The van der Waals surface area contributed by atoms with Gasteiger partial charge < -0.3 is 10.4 Å². The van der Waals surface area contributed by atoms with Gasteiger partial charge in [-0.3, -0.25) is 14.3 Å². The van der Waals surface area contributed by atoms with Crippen LogP contribution in [-0.4, -0.2) is 26.8 Å². The van der Waals surface area contributed by atoms with Gasteiger partial charge in [-0.2, -0.15) is 5.10 Å². The van der Waals surface area contributed by atoms with E-state index < -0.39 is 5.97 Å². The standard InChI is InChI=1S/C13H19N3O3/c1-16-11(6-7-15-16)8-14-12(17)9-2-4-10(5-3-9)13(18)19/h6-7,9-10H,2-5,8H2,1H3,(H,14,17)(H,18,19). The molecule has 104 valence electrons. The van der Waals surface area contributed by atoms with E-state index in [1.54, 1.807) is 10.9 Å². The van der Waals surface area contributed by atoms with E-state index in [9.17, 15) is 9.59 Å². The second kappa shape index (κ2) is 5.86. The van der Waals surface area contributed by atoms with Gasteiger partial charge in [-0.15, -0.1) is 0 Å². The molecule has 1 amide bonds. The number of hydrogen-bond donors (Lipinski definition) is 2. The molecule has 6 heteroatoms. The lowest BCUT2D eigenvalue weighted by atomic mass is 9.81. The molecular weight excluding hydrogens is 246 g/mol. The van der Waals surface area contributed by atoms with Crippen LogP contribution in [0.1, 0.15) is 31.4 Å². The maximum Gasteiger partial charge on any atom is 0.306 e. The summed E-state index contributed by atoms with van der Waals surface area (Å²) in [4.78, 5) is 22.8. The minimum Gasteiger partial charge on any atom is -0.481 e. The molecule has 0 aromatic carbocycles. The number of aromatic nitrogens is 2. The summed E-state index contributed by atoms with van der Waals surface area (Å²) in [6.07, 6.45) is 4.21. The Morgan fingerprint density at radius 1 is 1.37 bits per heavy atom. The molecule has 1 aromatic heterocycles. The first-order chi connectivity index (χ1) is 9.08. The molecule has 0 bridgehead atoms. The Balaban J connectivity index is 1.79. The van der Waals surface area contributed by atoms with Crippen LogP contribution >= 0.6 is 0 Å². The van der Waals surface area contributed by atoms with Crippen LogP contribution < -0.4 is 5.32 Å². The van der Waals surface area contributed by atoms with Gasteiger partial charge in [0.25, 0.3) is 0 Å². The van der Waals surface area contributed by atoms with Crippen molar-refractivity contribution in [3.05, 3.63) is 18.0 Å². The van der Waals surface area contributed by atoms with Gasteiger partial charge in [0.1, 0.15) is 0 Å². The quantitative estimate of drug-likeness (QED) is 0.848. The van der Waals surface area contributed by atoms with Gasteiger partial charge in [0.15, 0.2) is 0 Å². The predicted molar refractivity (Wildman–Crippen MR) is 68.1 cm³/mol. The molecular formula is C13H19N3O3. The van der Waals surface area contributed by atoms with Crippen molar-refractivity contribution in [2.75, 3.05) is 0 Å². The molecule has 2 N–H and O–H groups in total. The van der Waals surface area contributed by atoms with Gasteiger partial charge in [-0.05, 0) is 31.7 Å². The number of carbonyl (C=O) groups excluding carboxylic acids is 1. The summed E-state index contributed by atoms with van der Waals surface area (Å²) in [6.45, 7) is 0.466. The highest BCUT2D eigenvalue weighted by Gasteiger charge is 2.29. The summed E-state index contributed by atoms with van der Waals surface area (Å²) >= 11 is 0. The maximum atomic E-state index is 12.0. The fraction of sp³-hybridized carbons (Fsp3) is 0.615. The first-order valence-electron chi connectivity index (χ1n) is 6.55. The van der Waals surface area contributed by atoms with Crippen LogP contribution in [-0.2, 0) is 23.2 Å². The van der Waals surface area contributed by atoms with E-state index in [4.69, 9.17) is 5.11 Å². The minimum absolute atomic E-state index is 0.0186. The summed E-state index contributed by atoms with van der Waals surface area (Å²) in [7, 11) is 1.83. The van der Waals surface area contributed by atoms with Crippen molar-refractivity contribution in [2.24, 2.45) is 18.9 Å². The molecule has 1 aliphatic rings. The van der Waals surface area contributed by atoms with Crippen molar-refractivity contribution in [2.45, 2.75) is 32.2 Å². The predicted octanol–water partition coefficient (Wildman–Crippen LogP) is 0.927. The monoisotopic (exact) mass is 265 g/mol. The Labute approximate surface area is 111 Å². The van der Waals surface area contributed by atoms with Crippen molar-refractivity contribution in [3.63, 3.8) is 0 Å². The number of nitrogens with one attached hydrogen (secondary N) is 1. The maximum absolute atomic E-state index is 12.0. The second-order valence-corrected chi connectivity index (χ2v) is 5.05. The average Bonchev–Trinajstić information content (AvgIpc) is 2.81. The second-order valence-electron chi connectivity index (χ2n) is 5.05. The van der Waals surface area contributed by atoms with Gasteiger partial charge in [-0.25, -0.2) is 0 Å². The lowest BCUT2D eigenvalue weighted by molar-refractivity contribution is -0.144. The van der Waals surface area contributed by atoms with E-state index in [0.29, 0.717) is 32.2 Å². The fourth-order valence-electron chi connectivity index (χ4n) is 2.50. The number of aryl methyl sites for hydroxylation is 1. The molecule has 2 rings (SSSR count). The highest BCUT2D eigenvalue weighted by Crippen LogP contribution is 2.29. The van der Waals surface area contributed by atoms with E-state index >= 15 is 0 Å². The summed E-state index contributed by atoms with van der Waals surface area (Å²) < 4.78 is 1.72. The molecule has 1 aliphatic carbocycles. The third kappa shape index (κ3) is 3.33. The number of carbonyl (C=O) groups is 2. The van der Waals surface area contributed by atoms with Crippen molar-refractivity contribution in [3.8, 4) is 0 Å². The molecule has 1 saturated carbocycles. The van der Waals surface area contributed by atoms with Crippen LogP contribution in [0, 0.1) is 11.8 Å². The number of rotatable bonds is 4. The lowest BCUT2D eigenvalue weighted by Gasteiger charge is -2.25. The summed E-state index contributed by atoms with van der Waals surface area (Å²) in [5.41, 5.74) is 0.951. The van der Waals surface area contributed by atoms with E-state index in [1.165, 1.54) is 0 Å². The van der Waals surface area contributed by atoms with Gasteiger partial charge in [0, 0.05) is 19.2 Å². The zero-order chi connectivity index (χ0) is 13.8. The third-order valence-corrected chi connectivity index (χ3v) is 3.81. The Hall–Kier alpha value is -1.85. The number of nitrogens with zero attached hydrogens (tertiary/aromatic N) is 2. The van der Waals surface area contributed by atoms with Crippen LogP contribution in [0.2, 0.25) is 0 Å². The van der Waals surface area contributed by atoms with Gasteiger partial charge in [0.2, 0.25) is 5.91 Å². The van der Waals surface area contributed by atoms with Gasteiger partial charge in [-0.1, -0.05) is 0 Å². The van der Waals surface area contributed by atoms with Crippen molar-refractivity contribution in [1.82, 2.24) is 15.1 Å². The number of hydrogen-bond acceptors (Lipinski definition) is 3. The Bertz CT molecular complexity index is 461. The zero-order valence-electron chi connectivity index (χ0n) is 11.0. The van der Waals surface area contributed by atoms with Crippen molar-refractivity contribution in [1.29, 1.82) is 0 Å². The molecule has 6 nitrogen and oxygen atoms in total. The smallest absolute Gasteiger partial charge is 0.306 e. The molecule has 19 heavy (non-hydrogen) atoms. The van der Waals surface area contributed by atoms with Crippen LogP contribution in [0.4, 0.5) is 0 Å². The lowest BCUT2D eigenvalue weighted by Crippen LogP contribution is -2.34. The Morgan fingerprint density at radius 2 is 2.00 bits per heavy atom. The van der Waals surface area contributed by atoms with Crippen LogP contribution in [0.15, 0.2) is 12.3 Å². The molecule has 0 atom stereocenters. The molecule has 1 heterocycles. The largest absolute Gasteiger partial charge is 0.481 e. The first-order valence-corrected chi connectivity index (χ1v) is 6.55. The SMILES string of the molecule is Cn1nccc1CNC(=O)C1CCC(C(=O)O)CC1. The summed E-state index contributed by atoms with van der Waals surface area (Å²) in [5, 5.41) is 15.8. The highest BCUT2D eigenvalue weighted by atomic mass is 16.4. The number of carboxylic acids is 1. The third-order valence-electron chi connectivity index (χ3n) is 3.81. The summed E-state index contributed by atoms with van der Waals surface area (Å²) in [6, 6.07) is 1.86. The molecule has 0 aliphatic heterocycles. The van der Waals surface area contributed by atoms with Gasteiger partial charge >= 0.3 is 5.97 Å². The fourth-order valence-corrected chi connectivity index (χ4v) is 2.50. The molecule has 0 saturated heterocycles. The molecule has 1 fully saturated rings. The first kappa shape index (κ1) is 13.6. The Morgan fingerprint density at radius 3 is 2.53 bits per heavy atom. The van der Waals surface area contributed by atoms with Gasteiger partial charge in [0.05, 0.1) is 18.2 Å². The van der Waals surface area contributed by atoms with E-state index in [1.807, 2.05) is 13.1 Å². The minimum atomic E-state index is -0.742. The zero-order valence-corrected chi connectivity index (χ0v) is 11.0. The van der Waals surface area contributed by atoms with Crippen LogP contribution in [0.3, 0.4) is 0 Å². The van der Waals surface area contributed by atoms with E-state index in [-0.39, 0.29) is 17.7 Å². The number of aliphatic carboxylic acids is 1. The van der Waals surface area contributed by atoms with Crippen molar-refractivity contribution < 1.29 is 14.7 Å². The van der Waals surface area contributed by atoms with Crippen LogP contribution in [0.5, 0.6) is 0 Å². The molecule has 0 spiro atoms. The topological polar surface area (TPSA) is 84.2 Å². The van der Waals surface area contributed by atoms with Crippen molar-refractivity contribution >= 4 is 11.9 Å². The van der Waals surface area contributed by atoms with E-state index in [2.05, 4.69) is 10.4 Å². The summed E-state index contributed by atoms with van der Waals surface area (Å²) in [5.74, 6) is -1.05. The molecule has 0 radical (unpaired) electrons. The number of carboxylic acid groups (broad SMARTS) is 1. The number of amides is 1. The van der Waals surface area contributed by atoms with Crippen LogP contribution in [0.25, 0.3) is 0 Å². The molecule has 1 aromatic rings.